The van der Waals surface area contributed by atoms with E-state index in [0.29, 0.717) is 40.1 Å². The first-order chi connectivity index (χ1) is 12.3. The Kier molecular flexibility index (Phi) is 4.95. The third-order valence-electron chi connectivity index (χ3n) is 3.30. The van der Waals surface area contributed by atoms with Gasteiger partial charge in [0.15, 0.2) is 5.82 Å². The molecule has 144 valence electrons. The fraction of sp³-hybridized carbons (Fsp3) is 0.231. The second-order valence-corrected chi connectivity index (χ2v) is 9.29. The molecule has 11 nitrogen and oxygen atoms in total. The van der Waals surface area contributed by atoms with E-state index >= 15 is 0 Å². The van der Waals surface area contributed by atoms with E-state index in [1.54, 1.807) is 0 Å². The Hall–Kier alpha value is -3.05. The van der Waals surface area contributed by atoms with Crippen LogP contribution in [0.5, 0.6) is 0 Å². The van der Waals surface area contributed by atoms with E-state index in [-0.39, 0.29) is 3.71 Å². The molecule has 1 aromatic carbocycles. The third kappa shape index (κ3) is 3.73. The Balaban J connectivity index is 2.97. The lowest BCUT2D eigenvalue weighted by Crippen LogP contribution is -2.39. The molecule has 0 N–H and O–H groups in total. The molecule has 0 fully saturated rings. The minimum atomic E-state index is -4.44. The van der Waals surface area contributed by atoms with Crippen LogP contribution in [-0.4, -0.2) is 43.7 Å². The number of benzene rings is 1. The van der Waals surface area contributed by atoms with Gasteiger partial charge in [-0.1, -0.05) is 0 Å². The van der Waals surface area contributed by atoms with Crippen LogP contribution in [0.1, 0.15) is 5.56 Å². The summed E-state index contributed by atoms with van der Waals surface area (Å²) in [6.07, 6.45) is 1.87. The summed E-state index contributed by atoms with van der Waals surface area (Å²) in [4.78, 5) is 23.6. The molecule has 0 amide bonds. The average Bonchev–Trinajstić information content (AvgIpc) is 2.52. The molecule has 0 saturated carbocycles. The van der Waals surface area contributed by atoms with Crippen LogP contribution in [0, 0.1) is 17.1 Å². The van der Waals surface area contributed by atoms with Crippen molar-refractivity contribution in [2.24, 2.45) is 7.05 Å². The molecular weight excluding hydrogens is 405 g/mol. The maximum atomic E-state index is 14.4. The number of sulfonamides is 2. The van der Waals surface area contributed by atoms with E-state index in [1.807, 2.05) is 0 Å². The lowest BCUT2D eigenvalue weighted by Gasteiger charge is -2.21. The van der Waals surface area contributed by atoms with Crippen LogP contribution in [0.2, 0.25) is 0 Å². The molecule has 0 spiro atoms. The zero-order valence-corrected chi connectivity index (χ0v) is 15.7. The number of halogens is 1. The molecule has 0 aliphatic heterocycles. The molecular formula is C13H12FN5O6S2. The van der Waals surface area contributed by atoms with Crippen LogP contribution in [-0.2, 0) is 27.1 Å². The summed E-state index contributed by atoms with van der Waals surface area (Å²) >= 11 is 0. The molecule has 14 heteroatoms. The van der Waals surface area contributed by atoms with Crippen LogP contribution < -0.4 is 15.0 Å². The van der Waals surface area contributed by atoms with Crippen molar-refractivity contribution in [2.75, 3.05) is 16.2 Å². The van der Waals surface area contributed by atoms with E-state index < -0.39 is 54.1 Å². The predicted molar refractivity (Wildman–Crippen MR) is 91.9 cm³/mol. The van der Waals surface area contributed by atoms with Gasteiger partial charge in [0.2, 0.25) is 20.0 Å². The van der Waals surface area contributed by atoms with Crippen molar-refractivity contribution in [3.05, 3.63) is 50.5 Å². The Morgan fingerprint density at radius 2 is 1.70 bits per heavy atom. The molecule has 0 bridgehead atoms. The molecule has 2 aromatic rings. The van der Waals surface area contributed by atoms with Crippen molar-refractivity contribution >= 4 is 25.7 Å². The average molecular weight is 417 g/mol. The molecule has 1 aromatic heterocycles. The van der Waals surface area contributed by atoms with E-state index in [0.717, 1.165) is 7.05 Å². The highest BCUT2D eigenvalue weighted by Gasteiger charge is 2.31. The number of hydrogen-bond donors (Lipinski definition) is 0. The van der Waals surface area contributed by atoms with E-state index in [1.165, 1.54) is 6.07 Å². The first-order valence-corrected chi connectivity index (χ1v) is 10.6. The SMILES string of the molecule is Cn1c(=O)cnn(-c2cc(N(S(C)(=O)=O)S(C)(=O)=O)c(C#N)cc2F)c1=O. The molecule has 2 rings (SSSR count). The molecule has 0 atom stereocenters. The second-order valence-electron chi connectivity index (χ2n) is 5.39. The van der Waals surface area contributed by atoms with Crippen LogP contribution in [0.3, 0.4) is 0 Å². The smallest absolute Gasteiger partial charge is 0.267 e. The Morgan fingerprint density at radius 1 is 1.15 bits per heavy atom. The van der Waals surface area contributed by atoms with Gasteiger partial charge in [0.25, 0.3) is 5.56 Å². The number of rotatable bonds is 4. The van der Waals surface area contributed by atoms with Gasteiger partial charge in [-0.3, -0.25) is 9.36 Å². The highest BCUT2D eigenvalue weighted by atomic mass is 32.3. The molecule has 0 aliphatic rings. The van der Waals surface area contributed by atoms with Crippen molar-refractivity contribution in [3.8, 4) is 11.8 Å². The van der Waals surface area contributed by atoms with Crippen molar-refractivity contribution < 1.29 is 21.2 Å². The summed E-state index contributed by atoms with van der Waals surface area (Å²) in [6, 6.07) is 2.74. The summed E-state index contributed by atoms with van der Waals surface area (Å²) < 4.78 is 63.2. The van der Waals surface area contributed by atoms with Crippen LogP contribution in [0.25, 0.3) is 5.69 Å². The maximum absolute atomic E-state index is 14.4. The highest BCUT2D eigenvalue weighted by Crippen LogP contribution is 2.29. The fourth-order valence-electron chi connectivity index (χ4n) is 2.20. The van der Waals surface area contributed by atoms with E-state index in [4.69, 9.17) is 5.26 Å². The first-order valence-electron chi connectivity index (χ1n) is 6.89. The highest BCUT2D eigenvalue weighted by molar-refractivity contribution is 8.09. The van der Waals surface area contributed by atoms with Crippen LogP contribution in [0.15, 0.2) is 27.9 Å². The van der Waals surface area contributed by atoms with Crippen molar-refractivity contribution in [2.45, 2.75) is 0 Å². The standard InChI is InChI=1S/C13H12FN5O6S2/c1-17-12(20)7-16-18(13(17)21)11-5-10(8(6-15)4-9(11)14)19(26(2,22)23)27(3,24)25/h4-5,7H,1-3H3. The van der Waals surface area contributed by atoms with Crippen LogP contribution in [0.4, 0.5) is 10.1 Å². The monoisotopic (exact) mass is 417 g/mol. The van der Waals surface area contributed by atoms with Crippen molar-refractivity contribution in [1.29, 1.82) is 5.26 Å². The van der Waals surface area contributed by atoms with Crippen LogP contribution >= 0.6 is 0 Å². The van der Waals surface area contributed by atoms with Crippen molar-refractivity contribution in [1.82, 2.24) is 14.3 Å². The third-order valence-corrected chi connectivity index (χ3v) is 6.52. The van der Waals surface area contributed by atoms with Gasteiger partial charge in [-0.05, 0) is 12.1 Å². The maximum Gasteiger partial charge on any atom is 0.352 e. The second kappa shape index (κ2) is 6.59. The van der Waals surface area contributed by atoms with Gasteiger partial charge in [-0.2, -0.15) is 18.8 Å². The normalized spacial score (nSPS) is 11.8. The number of hydrogen-bond acceptors (Lipinski definition) is 8. The quantitative estimate of drug-likeness (QED) is 0.593. The topological polar surface area (TPSA) is 152 Å². The Bertz CT molecular complexity index is 1270. The zero-order chi connectivity index (χ0) is 20.7. The van der Waals surface area contributed by atoms with Gasteiger partial charge >= 0.3 is 5.69 Å². The van der Waals surface area contributed by atoms with Gasteiger partial charge in [0.1, 0.15) is 18.0 Å². The van der Waals surface area contributed by atoms with Gasteiger partial charge in [0.05, 0.1) is 23.8 Å². The first kappa shape index (κ1) is 20.3. The van der Waals surface area contributed by atoms with Crippen molar-refractivity contribution in [3.63, 3.8) is 0 Å². The van der Waals surface area contributed by atoms with Gasteiger partial charge in [-0.15, -0.1) is 0 Å². The molecule has 0 radical (unpaired) electrons. The molecule has 1 heterocycles. The minimum Gasteiger partial charge on any atom is -0.267 e. The number of nitriles is 1. The minimum absolute atomic E-state index is 0.0610. The summed E-state index contributed by atoms with van der Waals surface area (Å²) in [7, 11) is -7.77. The van der Waals surface area contributed by atoms with E-state index in [9.17, 15) is 30.8 Å². The molecule has 0 saturated heterocycles. The van der Waals surface area contributed by atoms with Gasteiger partial charge in [-0.25, -0.2) is 26.0 Å². The Labute approximate surface area is 152 Å². The lowest BCUT2D eigenvalue weighted by atomic mass is 10.1. The van der Waals surface area contributed by atoms with Gasteiger partial charge < -0.3 is 0 Å². The zero-order valence-electron chi connectivity index (χ0n) is 14.1. The molecule has 0 aliphatic carbocycles. The van der Waals surface area contributed by atoms with E-state index in [2.05, 4.69) is 5.10 Å². The van der Waals surface area contributed by atoms with Gasteiger partial charge in [0, 0.05) is 7.05 Å². The molecule has 0 unspecified atom stereocenters. The summed E-state index contributed by atoms with van der Waals surface area (Å²) in [5, 5.41) is 12.6. The Morgan fingerprint density at radius 3 is 2.19 bits per heavy atom. The largest absolute Gasteiger partial charge is 0.352 e. The number of aromatic nitrogens is 3. The number of nitrogens with zero attached hydrogens (tertiary/aromatic N) is 5. The predicted octanol–water partition coefficient (Wildman–Crippen LogP) is -1.33. The fourth-order valence-corrected chi connectivity index (χ4v) is 5.19. The molecule has 27 heavy (non-hydrogen) atoms. The summed E-state index contributed by atoms with van der Waals surface area (Å²) in [6.45, 7) is 0. The lowest BCUT2D eigenvalue weighted by molar-refractivity contribution is 0.582. The number of anilines is 1. The summed E-state index contributed by atoms with van der Waals surface area (Å²) in [5.41, 5.74) is -3.80. The summed E-state index contributed by atoms with van der Waals surface area (Å²) in [5.74, 6) is -1.16.